The van der Waals surface area contributed by atoms with Crippen molar-refractivity contribution in [3.05, 3.63) is 30.1 Å². The Morgan fingerprint density at radius 3 is 2.72 bits per heavy atom. The zero-order chi connectivity index (χ0) is 13.2. The third-order valence-electron chi connectivity index (χ3n) is 2.43. The summed E-state index contributed by atoms with van der Waals surface area (Å²) in [5.41, 5.74) is 1.14. The first-order chi connectivity index (χ1) is 8.72. The Morgan fingerprint density at radius 2 is 2.06 bits per heavy atom. The van der Waals surface area contributed by atoms with Crippen LogP contribution in [0.1, 0.15) is 12.5 Å². The highest BCUT2D eigenvalue weighted by atomic mass is 16.5. The fourth-order valence-corrected chi connectivity index (χ4v) is 1.50. The number of ether oxygens (including phenoxy) is 2. The molecule has 0 fully saturated rings. The van der Waals surface area contributed by atoms with Crippen LogP contribution in [-0.4, -0.2) is 49.2 Å². The Bertz CT molecular complexity index is 308. The summed E-state index contributed by atoms with van der Waals surface area (Å²) in [5.74, 6) is 0. The van der Waals surface area contributed by atoms with E-state index in [4.69, 9.17) is 9.47 Å². The molecule has 0 aliphatic heterocycles. The predicted molar refractivity (Wildman–Crippen MR) is 69.2 cm³/mol. The first kappa shape index (κ1) is 15.0. The lowest BCUT2D eigenvalue weighted by molar-refractivity contribution is -0.0311. The quantitative estimate of drug-likeness (QED) is 0.675. The Morgan fingerprint density at radius 1 is 1.33 bits per heavy atom. The second kappa shape index (κ2) is 8.99. The Labute approximate surface area is 108 Å². The first-order valence-corrected chi connectivity index (χ1v) is 6.10. The van der Waals surface area contributed by atoms with E-state index in [2.05, 4.69) is 10.3 Å². The normalized spacial score (nSPS) is 14.4. The third-order valence-corrected chi connectivity index (χ3v) is 2.43. The molecule has 1 aromatic heterocycles. The summed E-state index contributed by atoms with van der Waals surface area (Å²) in [5, 5.41) is 12.9. The van der Waals surface area contributed by atoms with Crippen LogP contribution in [0, 0.1) is 0 Å². The molecule has 0 spiro atoms. The lowest BCUT2D eigenvalue weighted by atomic mass is 10.2. The van der Waals surface area contributed by atoms with Crippen LogP contribution in [-0.2, 0) is 16.0 Å². The minimum Gasteiger partial charge on any atom is -0.389 e. The van der Waals surface area contributed by atoms with Gasteiger partial charge in [0.15, 0.2) is 0 Å². The van der Waals surface area contributed by atoms with Crippen molar-refractivity contribution in [1.82, 2.24) is 10.3 Å². The Balaban J connectivity index is 2.08. The average molecular weight is 254 g/mol. The summed E-state index contributed by atoms with van der Waals surface area (Å²) >= 11 is 0. The topological polar surface area (TPSA) is 63.6 Å². The number of hydrogen-bond acceptors (Lipinski definition) is 5. The molecule has 102 valence electrons. The zero-order valence-corrected chi connectivity index (χ0v) is 11.0. The van der Waals surface area contributed by atoms with E-state index in [-0.39, 0.29) is 6.10 Å². The SMILES string of the molecule is COCC(C)OCC(O)CNCc1ccncc1. The van der Waals surface area contributed by atoms with E-state index in [9.17, 15) is 5.11 Å². The van der Waals surface area contributed by atoms with Gasteiger partial charge in [-0.3, -0.25) is 4.98 Å². The summed E-state index contributed by atoms with van der Waals surface area (Å²) in [6, 6.07) is 3.88. The van der Waals surface area contributed by atoms with Gasteiger partial charge < -0.3 is 19.9 Å². The maximum atomic E-state index is 9.70. The van der Waals surface area contributed by atoms with E-state index in [1.165, 1.54) is 0 Å². The number of nitrogens with one attached hydrogen (secondary N) is 1. The molecule has 0 bridgehead atoms. The van der Waals surface area contributed by atoms with Crippen LogP contribution in [0.4, 0.5) is 0 Å². The lowest BCUT2D eigenvalue weighted by Gasteiger charge is -2.16. The summed E-state index contributed by atoms with van der Waals surface area (Å²) in [6.07, 6.45) is 3.00. The standard InChI is InChI=1S/C13H22N2O3/c1-11(9-17-2)18-10-13(16)8-15-7-12-3-5-14-6-4-12/h3-6,11,13,15-16H,7-10H2,1-2H3. The van der Waals surface area contributed by atoms with Crippen molar-refractivity contribution in [1.29, 1.82) is 0 Å². The van der Waals surface area contributed by atoms with Crippen molar-refractivity contribution in [2.45, 2.75) is 25.7 Å². The fraction of sp³-hybridized carbons (Fsp3) is 0.615. The molecule has 0 radical (unpaired) electrons. The van der Waals surface area contributed by atoms with Gasteiger partial charge in [0, 0.05) is 32.6 Å². The average Bonchev–Trinajstić information content (AvgIpc) is 2.38. The summed E-state index contributed by atoms with van der Waals surface area (Å²) in [7, 11) is 1.63. The summed E-state index contributed by atoms with van der Waals surface area (Å²) in [4.78, 5) is 3.95. The molecular formula is C13H22N2O3. The molecule has 0 saturated heterocycles. The molecule has 1 heterocycles. The van der Waals surface area contributed by atoms with Crippen LogP contribution in [0.25, 0.3) is 0 Å². The van der Waals surface area contributed by atoms with Crippen molar-refractivity contribution in [2.24, 2.45) is 0 Å². The van der Waals surface area contributed by atoms with Gasteiger partial charge in [-0.15, -0.1) is 0 Å². The third kappa shape index (κ3) is 6.66. The highest BCUT2D eigenvalue weighted by Gasteiger charge is 2.07. The first-order valence-electron chi connectivity index (χ1n) is 6.10. The molecule has 0 amide bonds. The number of pyridine rings is 1. The van der Waals surface area contributed by atoms with Gasteiger partial charge in [0.25, 0.3) is 0 Å². The maximum Gasteiger partial charge on any atom is 0.0897 e. The smallest absolute Gasteiger partial charge is 0.0897 e. The molecule has 5 heteroatoms. The molecule has 18 heavy (non-hydrogen) atoms. The predicted octanol–water partition coefficient (Wildman–Crippen LogP) is 0.584. The number of rotatable bonds is 9. The number of aliphatic hydroxyl groups excluding tert-OH is 1. The fourth-order valence-electron chi connectivity index (χ4n) is 1.50. The van der Waals surface area contributed by atoms with Gasteiger partial charge in [0.2, 0.25) is 0 Å². The van der Waals surface area contributed by atoms with Gasteiger partial charge in [0.1, 0.15) is 0 Å². The van der Waals surface area contributed by atoms with E-state index in [1.807, 2.05) is 19.1 Å². The van der Waals surface area contributed by atoms with Crippen LogP contribution in [0.3, 0.4) is 0 Å². The van der Waals surface area contributed by atoms with Crippen molar-refractivity contribution in [2.75, 3.05) is 26.9 Å². The minimum absolute atomic E-state index is 0.00449. The van der Waals surface area contributed by atoms with Crippen LogP contribution in [0.2, 0.25) is 0 Å². The number of aromatic nitrogens is 1. The lowest BCUT2D eigenvalue weighted by Crippen LogP contribution is -2.32. The van der Waals surface area contributed by atoms with E-state index in [0.717, 1.165) is 5.56 Å². The number of hydrogen-bond donors (Lipinski definition) is 2. The molecule has 0 saturated carbocycles. The van der Waals surface area contributed by atoms with E-state index < -0.39 is 6.10 Å². The second-order valence-electron chi connectivity index (χ2n) is 4.24. The van der Waals surface area contributed by atoms with Crippen molar-refractivity contribution < 1.29 is 14.6 Å². The molecule has 0 aromatic carbocycles. The van der Waals surface area contributed by atoms with Crippen LogP contribution in [0.15, 0.2) is 24.5 Å². The van der Waals surface area contributed by atoms with Gasteiger partial charge in [0.05, 0.1) is 25.4 Å². The van der Waals surface area contributed by atoms with E-state index in [1.54, 1.807) is 19.5 Å². The molecule has 1 rings (SSSR count). The van der Waals surface area contributed by atoms with Gasteiger partial charge in [-0.2, -0.15) is 0 Å². The highest BCUT2D eigenvalue weighted by Crippen LogP contribution is 1.96. The molecule has 2 atom stereocenters. The monoisotopic (exact) mass is 254 g/mol. The van der Waals surface area contributed by atoms with E-state index in [0.29, 0.717) is 26.3 Å². The Kier molecular flexibility index (Phi) is 7.52. The second-order valence-corrected chi connectivity index (χ2v) is 4.24. The molecule has 2 unspecified atom stereocenters. The van der Waals surface area contributed by atoms with Gasteiger partial charge in [-0.05, 0) is 24.6 Å². The van der Waals surface area contributed by atoms with Crippen molar-refractivity contribution >= 4 is 0 Å². The molecule has 0 aliphatic rings. The zero-order valence-electron chi connectivity index (χ0n) is 11.0. The van der Waals surface area contributed by atoms with Gasteiger partial charge in [-0.25, -0.2) is 0 Å². The van der Waals surface area contributed by atoms with Crippen molar-refractivity contribution in [3.63, 3.8) is 0 Å². The van der Waals surface area contributed by atoms with Crippen LogP contribution < -0.4 is 5.32 Å². The number of nitrogens with zero attached hydrogens (tertiary/aromatic N) is 1. The Hall–Kier alpha value is -1.01. The van der Waals surface area contributed by atoms with E-state index >= 15 is 0 Å². The van der Waals surface area contributed by atoms with Crippen LogP contribution >= 0.6 is 0 Å². The maximum absolute atomic E-state index is 9.70. The molecule has 1 aromatic rings. The molecule has 5 nitrogen and oxygen atoms in total. The van der Waals surface area contributed by atoms with Crippen LogP contribution in [0.5, 0.6) is 0 Å². The molecule has 0 aliphatic carbocycles. The molecular weight excluding hydrogens is 232 g/mol. The summed E-state index contributed by atoms with van der Waals surface area (Å²) < 4.78 is 10.4. The minimum atomic E-state index is -0.508. The number of methoxy groups -OCH3 is 1. The van der Waals surface area contributed by atoms with Gasteiger partial charge >= 0.3 is 0 Å². The highest BCUT2D eigenvalue weighted by molar-refractivity contribution is 5.08. The largest absolute Gasteiger partial charge is 0.389 e. The van der Waals surface area contributed by atoms with Gasteiger partial charge in [-0.1, -0.05) is 0 Å². The van der Waals surface area contributed by atoms with Crippen molar-refractivity contribution in [3.8, 4) is 0 Å². The summed E-state index contributed by atoms with van der Waals surface area (Å²) in [6.45, 7) is 3.99. The molecule has 2 N–H and O–H groups in total. The number of aliphatic hydroxyl groups is 1.